The zero-order chi connectivity index (χ0) is 25.1. The van der Waals surface area contributed by atoms with E-state index >= 15 is 0 Å². The molecule has 0 bridgehead atoms. The molecule has 3 heterocycles. The van der Waals surface area contributed by atoms with Crippen LogP contribution in [-0.2, 0) is 20.9 Å². The van der Waals surface area contributed by atoms with Crippen LogP contribution in [0.4, 0.5) is 0 Å². The first-order valence-electron chi connectivity index (χ1n) is 11.6. The summed E-state index contributed by atoms with van der Waals surface area (Å²) in [7, 11) is 0. The molecule has 1 fully saturated rings. The molecule has 3 aromatic rings. The zero-order valence-electron chi connectivity index (χ0n) is 20.0. The van der Waals surface area contributed by atoms with E-state index in [-0.39, 0.29) is 23.6 Å². The van der Waals surface area contributed by atoms with Crippen molar-refractivity contribution >= 4 is 23.4 Å². The number of hydrogen-bond donors (Lipinski definition) is 3. The van der Waals surface area contributed by atoms with E-state index in [1.807, 2.05) is 53.6 Å². The van der Waals surface area contributed by atoms with Gasteiger partial charge < -0.3 is 19.7 Å². The van der Waals surface area contributed by atoms with Crippen molar-refractivity contribution in [3.8, 4) is 0 Å². The molecule has 3 N–H and O–H groups in total. The van der Waals surface area contributed by atoms with Gasteiger partial charge in [0.2, 0.25) is 6.33 Å². The van der Waals surface area contributed by atoms with Crippen molar-refractivity contribution in [3.63, 3.8) is 0 Å². The van der Waals surface area contributed by atoms with Gasteiger partial charge in [0, 0.05) is 24.2 Å². The summed E-state index contributed by atoms with van der Waals surface area (Å²) in [5, 5.41) is 11.4. The monoisotopic (exact) mass is 477 g/mol. The number of carbonyl (C=O) groups excluding carboxylic acids is 3. The van der Waals surface area contributed by atoms with Crippen LogP contribution < -0.4 is 4.57 Å². The molecule has 0 radical (unpaired) electrons. The molecule has 0 spiro atoms. The minimum atomic E-state index is -0.747. The van der Waals surface area contributed by atoms with Crippen LogP contribution in [0.2, 0.25) is 0 Å². The van der Waals surface area contributed by atoms with E-state index in [0.717, 1.165) is 5.56 Å². The molecule has 1 aliphatic rings. The standard InChI is InChI=1S/C26H28N4O5/c1-4-35-26(34)21-16(2)19(17(3)28-21)23(31)20-22(18-9-6-5-7-10-18)30(25(33)24(20)32)13-8-12-29-14-11-27-15-29/h5-7,9-11,14-15,22H,4,8,12-13H2,1-3H3,(H2,28,31,32,34)/p+1. The number of benzene rings is 1. The first-order chi connectivity index (χ1) is 16.8. The number of nitrogens with zero attached hydrogens (tertiary/aromatic N) is 2. The Morgan fingerprint density at radius 1 is 1.20 bits per heavy atom. The van der Waals surface area contributed by atoms with Crippen molar-refractivity contribution in [3.05, 3.63) is 82.7 Å². The van der Waals surface area contributed by atoms with Crippen LogP contribution in [0.1, 0.15) is 52.3 Å². The van der Waals surface area contributed by atoms with E-state index in [0.29, 0.717) is 36.3 Å². The molecule has 1 saturated heterocycles. The first kappa shape index (κ1) is 24.0. The van der Waals surface area contributed by atoms with E-state index in [9.17, 15) is 19.5 Å². The lowest BCUT2D eigenvalue weighted by atomic mass is 9.94. The SMILES string of the molecule is CCOC(=O)c1[nH]c(C)c(C(O)=C2C(=O)C(=O)N(CCC[n+]3cc[nH]c3)C2c2ccccc2)c1C. The number of Topliss-reactive ketones (excluding diaryl/α,β-unsaturated/α-hetero) is 1. The molecule has 0 aliphatic carbocycles. The van der Waals surface area contributed by atoms with Crippen LogP contribution in [0.3, 0.4) is 0 Å². The topological polar surface area (TPSA) is 119 Å². The van der Waals surface area contributed by atoms with Gasteiger partial charge in [0.15, 0.2) is 0 Å². The van der Waals surface area contributed by atoms with E-state index < -0.39 is 23.7 Å². The van der Waals surface area contributed by atoms with Gasteiger partial charge in [-0.15, -0.1) is 0 Å². The van der Waals surface area contributed by atoms with Crippen molar-refractivity contribution in [2.45, 2.75) is 39.8 Å². The quantitative estimate of drug-likeness (QED) is 0.152. The third-order valence-corrected chi connectivity index (χ3v) is 6.23. The van der Waals surface area contributed by atoms with Crippen LogP contribution in [0, 0.1) is 13.8 Å². The molecule has 1 aromatic carbocycles. The van der Waals surface area contributed by atoms with Crippen molar-refractivity contribution in [1.82, 2.24) is 14.9 Å². The van der Waals surface area contributed by atoms with Gasteiger partial charge in [0.25, 0.3) is 11.7 Å². The lowest BCUT2D eigenvalue weighted by Gasteiger charge is -2.25. The Hall–Kier alpha value is -4.14. The predicted octanol–water partition coefficient (Wildman–Crippen LogP) is 2.94. The molecule has 2 aromatic heterocycles. The molecule has 1 unspecified atom stereocenters. The normalized spacial score (nSPS) is 17.2. The smallest absolute Gasteiger partial charge is 0.355 e. The zero-order valence-corrected chi connectivity index (χ0v) is 20.0. The fraction of sp³-hybridized carbons (Fsp3) is 0.308. The number of aryl methyl sites for hydroxylation is 2. The highest BCUT2D eigenvalue weighted by atomic mass is 16.5. The number of aromatic nitrogens is 3. The van der Waals surface area contributed by atoms with E-state index in [4.69, 9.17) is 4.74 Å². The molecule has 1 aliphatic heterocycles. The lowest BCUT2D eigenvalue weighted by molar-refractivity contribution is -0.695. The summed E-state index contributed by atoms with van der Waals surface area (Å²) in [6.45, 7) is 6.28. The van der Waals surface area contributed by atoms with Gasteiger partial charge in [-0.2, -0.15) is 0 Å². The van der Waals surface area contributed by atoms with Gasteiger partial charge in [-0.3, -0.25) is 14.6 Å². The van der Waals surface area contributed by atoms with Crippen molar-refractivity contribution in [1.29, 1.82) is 0 Å². The maximum absolute atomic E-state index is 13.3. The minimum Gasteiger partial charge on any atom is -0.507 e. The van der Waals surface area contributed by atoms with Gasteiger partial charge in [-0.05, 0) is 31.9 Å². The number of likely N-dealkylation sites (tertiary alicyclic amines) is 1. The summed E-state index contributed by atoms with van der Waals surface area (Å²) in [5.74, 6) is -2.25. The number of ether oxygens (including phenoxy) is 1. The van der Waals surface area contributed by atoms with E-state index in [1.165, 1.54) is 4.90 Å². The number of ketones is 1. The third kappa shape index (κ3) is 4.49. The van der Waals surface area contributed by atoms with Gasteiger partial charge in [-0.25, -0.2) is 9.36 Å². The molecular weight excluding hydrogens is 448 g/mol. The lowest BCUT2D eigenvalue weighted by Crippen LogP contribution is -2.36. The van der Waals surface area contributed by atoms with Gasteiger partial charge in [0.1, 0.15) is 23.8 Å². The Bertz CT molecular complexity index is 1270. The Balaban J connectivity index is 1.77. The van der Waals surface area contributed by atoms with E-state index in [1.54, 1.807) is 20.8 Å². The molecule has 1 amide bonds. The van der Waals surface area contributed by atoms with Crippen molar-refractivity contribution in [2.75, 3.05) is 13.2 Å². The molecule has 9 heteroatoms. The number of aromatic amines is 2. The number of rotatable bonds is 8. The molecule has 0 saturated carbocycles. The summed E-state index contributed by atoms with van der Waals surface area (Å²) in [4.78, 5) is 46.2. The molecule has 4 rings (SSSR count). The van der Waals surface area contributed by atoms with Crippen LogP contribution in [0.15, 0.2) is 54.6 Å². The highest BCUT2D eigenvalue weighted by Gasteiger charge is 2.46. The summed E-state index contributed by atoms with van der Waals surface area (Å²) < 4.78 is 7.06. The summed E-state index contributed by atoms with van der Waals surface area (Å²) in [5.41, 5.74) is 2.23. The fourth-order valence-corrected chi connectivity index (χ4v) is 4.62. The number of imidazole rings is 1. The number of H-pyrrole nitrogens is 2. The number of esters is 1. The predicted molar refractivity (Wildman–Crippen MR) is 127 cm³/mol. The van der Waals surface area contributed by atoms with Gasteiger partial charge in [0.05, 0.1) is 24.8 Å². The average Bonchev–Trinajstić information content (AvgIpc) is 3.53. The number of aliphatic hydroxyl groups is 1. The second-order valence-electron chi connectivity index (χ2n) is 8.45. The second-order valence-corrected chi connectivity index (χ2v) is 8.45. The maximum Gasteiger partial charge on any atom is 0.355 e. The number of amides is 1. The van der Waals surface area contributed by atoms with Crippen LogP contribution >= 0.6 is 0 Å². The van der Waals surface area contributed by atoms with Crippen LogP contribution in [0.25, 0.3) is 5.76 Å². The van der Waals surface area contributed by atoms with Gasteiger partial charge in [-0.1, -0.05) is 30.3 Å². The van der Waals surface area contributed by atoms with Crippen LogP contribution in [0.5, 0.6) is 0 Å². The van der Waals surface area contributed by atoms with Crippen LogP contribution in [-0.4, -0.2) is 50.8 Å². The maximum atomic E-state index is 13.3. The Kier molecular flexibility index (Phi) is 6.86. The molecule has 182 valence electrons. The average molecular weight is 478 g/mol. The van der Waals surface area contributed by atoms with Gasteiger partial charge >= 0.3 is 5.97 Å². The first-order valence-corrected chi connectivity index (χ1v) is 11.6. The Morgan fingerprint density at radius 2 is 1.94 bits per heavy atom. The number of aliphatic hydroxyl groups excluding tert-OH is 1. The Morgan fingerprint density at radius 3 is 2.60 bits per heavy atom. The third-order valence-electron chi connectivity index (χ3n) is 6.23. The summed E-state index contributed by atoms with van der Waals surface area (Å²) in [6.07, 6.45) is 6.14. The van der Waals surface area contributed by atoms with E-state index in [2.05, 4.69) is 9.97 Å². The molecular formula is C26H29N4O5+. The minimum absolute atomic E-state index is 0.0103. The fourth-order valence-electron chi connectivity index (χ4n) is 4.62. The number of carbonyl (C=O) groups is 3. The highest BCUT2D eigenvalue weighted by molar-refractivity contribution is 6.46. The van der Waals surface area contributed by atoms with Crippen molar-refractivity contribution < 1.29 is 28.8 Å². The largest absolute Gasteiger partial charge is 0.507 e. The highest BCUT2D eigenvalue weighted by Crippen LogP contribution is 2.40. The molecule has 9 nitrogen and oxygen atoms in total. The molecule has 1 atom stereocenters. The number of hydrogen-bond acceptors (Lipinski definition) is 5. The summed E-state index contributed by atoms with van der Waals surface area (Å²) >= 11 is 0. The summed E-state index contributed by atoms with van der Waals surface area (Å²) in [6, 6.07) is 8.43. The van der Waals surface area contributed by atoms with Crippen molar-refractivity contribution in [2.24, 2.45) is 0 Å². The Labute approximate surface area is 203 Å². The molecule has 35 heavy (non-hydrogen) atoms. The number of nitrogens with one attached hydrogen (secondary N) is 2. The second kappa shape index (κ2) is 10.0.